The van der Waals surface area contributed by atoms with Gasteiger partial charge in [0.05, 0.1) is 0 Å². The molecule has 1 aliphatic rings. The summed E-state index contributed by atoms with van der Waals surface area (Å²) >= 11 is 0.472. The summed E-state index contributed by atoms with van der Waals surface area (Å²) in [7, 11) is 0. The number of amides is 1. The van der Waals surface area contributed by atoms with E-state index in [1.54, 1.807) is 11.8 Å². The number of anilines is 1. The third-order valence-electron chi connectivity index (χ3n) is 3.59. The molecule has 25 heavy (non-hydrogen) atoms. The first-order chi connectivity index (χ1) is 11.7. The molecule has 0 aromatic carbocycles. The number of carbonyl (C=O) groups is 1. The van der Waals surface area contributed by atoms with E-state index in [-0.39, 0.29) is 29.4 Å². The van der Waals surface area contributed by atoms with Gasteiger partial charge in [-0.05, 0) is 6.92 Å². The fourth-order valence-electron chi connectivity index (χ4n) is 2.42. The number of hydrogen-bond donors (Lipinski definition) is 0. The summed E-state index contributed by atoms with van der Waals surface area (Å²) in [6.45, 7) is 2.75. The van der Waals surface area contributed by atoms with Crippen molar-refractivity contribution >= 4 is 22.4 Å². The van der Waals surface area contributed by atoms with Crippen molar-refractivity contribution in [2.24, 2.45) is 0 Å². The van der Waals surface area contributed by atoms with Gasteiger partial charge in [0, 0.05) is 38.3 Å². The molecule has 0 atom stereocenters. The van der Waals surface area contributed by atoms with E-state index in [1.165, 1.54) is 11.0 Å². The molecule has 134 valence electrons. The van der Waals surface area contributed by atoms with Crippen LogP contribution in [0.15, 0.2) is 21.3 Å². The minimum atomic E-state index is -4.52. The third-order valence-corrected chi connectivity index (χ3v) is 4.62. The normalized spacial score (nSPS) is 15.5. The highest BCUT2D eigenvalue weighted by Gasteiger charge is 2.36. The Bertz CT molecular complexity index is 840. The quantitative estimate of drug-likeness (QED) is 0.797. The van der Waals surface area contributed by atoms with Gasteiger partial charge in [-0.2, -0.15) is 13.2 Å². The van der Waals surface area contributed by atoms with Crippen LogP contribution in [0.2, 0.25) is 0 Å². The van der Waals surface area contributed by atoms with Crippen LogP contribution in [0.25, 0.3) is 0 Å². The standard InChI is InChI=1S/C14H13F3N4O3S/c1-8-6-9(22)7-10(24-8)11(23)20-2-4-21(5-3-20)13-19-18-12(25-13)14(15,16)17/h6-7H,2-5H2,1H3. The first-order valence-corrected chi connectivity index (χ1v) is 8.12. The summed E-state index contributed by atoms with van der Waals surface area (Å²) in [4.78, 5) is 27.0. The van der Waals surface area contributed by atoms with E-state index in [0.717, 1.165) is 6.07 Å². The Morgan fingerprint density at radius 3 is 2.44 bits per heavy atom. The van der Waals surface area contributed by atoms with Crippen LogP contribution in [0.1, 0.15) is 21.3 Å². The average molecular weight is 374 g/mol. The lowest BCUT2D eigenvalue weighted by molar-refractivity contribution is -0.138. The largest absolute Gasteiger partial charge is 0.456 e. The van der Waals surface area contributed by atoms with E-state index in [0.29, 0.717) is 30.2 Å². The van der Waals surface area contributed by atoms with Gasteiger partial charge < -0.3 is 14.2 Å². The lowest BCUT2D eigenvalue weighted by Crippen LogP contribution is -2.48. The molecule has 0 saturated carbocycles. The SMILES string of the molecule is Cc1cc(=O)cc(C(=O)N2CCN(c3nnc(C(F)(F)F)s3)CC2)o1. The van der Waals surface area contributed by atoms with Gasteiger partial charge in [0.2, 0.25) is 10.1 Å². The minimum absolute atomic E-state index is 0.0475. The average Bonchev–Trinajstić information content (AvgIpc) is 3.03. The van der Waals surface area contributed by atoms with Crippen molar-refractivity contribution in [3.8, 4) is 0 Å². The zero-order valence-electron chi connectivity index (χ0n) is 13.0. The van der Waals surface area contributed by atoms with Crippen LogP contribution in [0.5, 0.6) is 0 Å². The van der Waals surface area contributed by atoms with Crippen LogP contribution >= 0.6 is 11.3 Å². The Labute approximate surface area is 143 Å². The van der Waals surface area contributed by atoms with Gasteiger partial charge in [-0.25, -0.2) is 0 Å². The van der Waals surface area contributed by atoms with Crippen molar-refractivity contribution < 1.29 is 22.4 Å². The molecule has 7 nitrogen and oxygen atoms in total. The number of nitrogens with zero attached hydrogens (tertiary/aromatic N) is 4. The third kappa shape index (κ3) is 3.81. The smallest absolute Gasteiger partial charge is 0.445 e. The molecule has 0 bridgehead atoms. The second-order valence-electron chi connectivity index (χ2n) is 5.43. The zero-order chi connectivity index (χ0) is 18.2. The molecule has 0 N–H and O–H groups in total. The van der Waals surface area contributed by atoms with E-state index in [9.17, 15) is 22.8 Å². The topological polar surface area (TPSA) is 79.5 Å². The van der Waals surface area contributed by atoms with Crippen LogP contribution in [0, 0.1) is 6.92 Å². The maximum atomic E-state index is 12.6. The Morgan fingerprint density at radius 2 is 1.88 bits per heavy atom. The number of hydrogen-bond acceptors (Lipinski definition) is 7. The van der Waals surface area contributed by atoms with Crippen LogP contribution in [0.3, 0.4) is 0 Å². The Balaban J connectivity index is 1.66. The molecular weight excluding hydrogens is 361 g/mol. The number of rotatable bonds is 2. The number of alkyl halides is 3. The zero-order valence-corrected chi connectivity index (χ0v) is 13.9. The lowest BCUT2D eigenvalue weighted by atomic mass is 10.2. The van der Waals surface area contributed by atoms with Crippen molar-refractivity contribution in [2.75, 3.05) is 31.1 Å². The van der Waals surface area contributed by atoms with Gasteiger partial charge in [-0.3, -0.25) is 9.59 Å². The molecule has 1 amide bonds. The van der Waals surface area contributed by atoms with E-state index in [1.807, 2.05) is 0 Å². The summed E-state index contributed by atoms with van der Waals surface area (Å²) in [5.41, 5.74) is -0.320. The number of aromatic nitrogens is 2. The van der Waals surface area contributed by atoms with E-state index in [4.69, 9.17) is 4.42 Å². The highest BCUT2D eigenvalue weighted by atomic mass is 32.1. The maximum absolute atomic E-state index is 12.6. The van der Waals surface area contributed by atoms with Gasteiger partial charge in [-0.15, -0.1) is 10.2 Å². The lowest BCUT2D eigenvalue weighted by Gasteiger charge is -2.33. The summed E-state index contributed by atoms with van der Waals surface area (Å²) in [6.07, 6.45) is -4.52. The van der Waals surface area contributed by atoms with Crippen LogP contribution in [-0.4, -0.2) is 47.2 Å². The summed E-state index contributed by atoms with van der Waals surface area (Å²) in [5, 5.41) is 5.89. The highest BCUT2D eigenvalue weighted by Crippen LogP contribution is 2.34. The molecule has 11 heteroatoms. The van der Waals surface area contributed by atoms with E-state index in [2.05, 4.69) is 10.2 Å². The van der Waals surface area contributed by atoms with Crippen molar-refractivity contribution in [3.63, 3.8) is 0 Å². The molecule has 0 unspecified atom stereocenters. The summed E-state index contributed by atoms with van der Waals surface area (Å²) in [5.74, 6) is -0.134. The fraction of sp³-hybridized carbons (Fsp3) is 0.429. The molecule has 3 rings (SSSR count). The highest BCUT2D eigenvalue weighted by molar-refractivity contribution is 7.15. The molecule has 0 spiro atoms. The predicted octanol–water partition coefficient (Wildman–Crippen LogP) is 1.78. The van der Waals surface area contributed by atoms with Gasteiger partial charge in [0.1, 0.15) is 5.76 Å². The molecule has 0 radical (unpaired) electrons. The van der Waals surface area contributed by atoms with Crippen molar-refractivity contribution in [3.05, 3.63) is 38.9 Å². The van der Waals surface area contributed by atoms with Crippen molar-refractivity contribution in [1.29, 1.82) is 0 Å². The molecule has 1 aliphatic heterocycles. The number of aryl methyl sites for hydroxylation is 1. The monoisotopic (exact) mass is 374 g/mol. The van der Waals surface area contributed by atoms with Crippen molar-refractivity contribution in [1.82, 2.24) is 15.1 Å². The molecular formula is C14H13F3N4O3S. The molecule has 3 heterocycles. The van der Waals surface area contributed by atoms with Crippen molar-refractivity contribution in [2.45, 2.75) is 13.1 Å². The Kier molecular flexibility index (Phi) is 4.50. The first-order valence-electron chi connectivity index (χ1n) is 7.31. The number of piperazine rings is 1. The molecule has 2 aromatic rings. The van der Waals surface area contributed by atoms with Crippen LogP contribution < -0.4 is 10.3 Å². The molecule has 1 fully saturated rings. The number of carbonyl (C=O) groups excluding carboxylic acids is 1. The molecule has 0 aliphatic carbocycles. The first kappa shape index (κ1) is 17.4. The van der Waals surface area contributed by atoms with Gasteiger partial charge in [0.15, 0.2) is 11.2 Å². The Morgan fingerprint density at radius 1 is 1.20 bits per heavy atom. The van der Waals surface area contributed by atoms with E-state index >= 15 is 0 Å². The van der Waals surface area contributed by atoms with Gasteiger partial charge in [0.25, 0.3) is 5.91 Å². The Hall–Kier alpha value is -2.43. The molecule has 2 aromatic heterocycles. The predicted molar refractivity (Wildman–Crippen MR) is 82.7 cm³/mol. The maximum Gasteiger partial charge on any atom is 0.445 e. The minimum Gasteiger partial charge on any atom is -0.456 e. The fourth-order valence-corrected chi connectivity index (χ4v) is 3.19. The summed E-state index contributed by atoms with van der Waals surface area (Å²) in [6, 6.07) is 2.41. The second-order valence-corrected chi connectivity index (χ2v) is 6.39. The van der Waals surface area contributed by atoms with Gasteiger partial charge >= 0.3 is 6.18 Å². The van der Waals surface area contributed by atoms with Crippen LogP contribution in [-0.2, 0) is 6.18 Å². The van der Waals surface area contributed by atoms with Gasteiger partial charge in [-0.1, -0.05) is 11.3 Å². The number of halogens is 3. The molecule has 1 saturated heterocycles. The van der Waals surface area contributed by atoms with E-state index < -0.39 is 17.1 Å². The summed E-state index contributed by atoms with van der Waals surface area (Å²) < 4.78 is 43.0. The second kappa shape index (κ2) is 6.47. The van der Waals surface area contributed by atoms with Crippen LogP contribution in [0.4, 0.5) is 18.3 Å².